The molecule has 0 spiro atoms. The third-order valence-corrected chi connectivity index (χ3v) is 17.9. The summed E-state index contributed by atoms with van der Waals surface area (Å²) in [4.78, 5) is 37.6. The second-order valence-electron chi connectivity index (χ2n) is 28.3. The number of carboxylic acids is 1. The van der Waals surface area contributed by atoms with E-state index in [1.165, 1.54) is 263 Å². The van der Waals surface area contributed by atoms with Crippen LogP contribution in [0.25, 0.3) is 0 Å². The smallest absolute Gasteiger partial charge is 0.306 e. The maximum Gasteiger partial charge on any atom is 0.306 e. The third-order valence-electron chi connectivity index (χ3n) is 17.9. The molecule has 94 heavy (non-hydrogen) atoms. The molecule has 0 rings (SSSR count). The Morgan fingerprint density at radius 1 is 0.330 bits per heavy atom. The number of hydrogen-bond donors (Lipinski definition) is 0. The van der Waals surface area contributed by atoms with Gasteiger partial charge in [-0.1, -0.05) is 381 Å². The van der Waals surface area contributed by atoms with Crippen LogP contribution in [0.3, 0.4) is 0 Å². The van der Waals surface area contributed by atoms with Crippen molar-refractivity contribution in [1.29, 1.82) is 0 Å². The van der Waals surface area contributed by atoms with Gasteiger partial charge in [0.15, 0.2) is 12.4 Å². The Morgan fingerprint density at radius 2 is 0.606 bits per heavy atom. The molecule has 546 valence electrons. The maximum absolute atomic E-state index is 13.0. The predicted octanol–water partition coefficient (Wildman–Crippen LogP) is 24.4. The summed E-state index contributed by atoms with van der Waals surface area (Å²) in [6.07, 6.45) is 99.9. The number of likely N-dealkylation sites (N-methyl/N-ethyl adjacent to an activating group) is 1. The molecule has 0 aliphatic heterocycles. The van der Waals surface area contributed by atoms with Gasteiger partial charge in [0, 0.05) is 12.8 Å². The fraction of sp³-hybridized carbons (Fsp3) is 0.800. The summed E-state index contributed by atoms with van der Waals surface area (Å²) in [5.74, 6) is -2.26. The molecule has 0 heterocycles. The lowest BCUT2D eigenvalue weighted by molar-refractivity contribution is -0.870. The first kappa shape index (κ1) is 90.5. The first-order valence-electron chi connectivity index (χ1n) is 40.2. The number of allylic oxidation sites excluding steroid dienone is 14. The molecule has 0 aliphatic carbocycles. The highest BCUT2D eigenvalue weighted by Gasteiger charge is 2.22. The fourth-order valence-corrected chi connectivity index (χ4v) is 11.8. The number of nitrogens with zero attached hydrogens (tertiary/aromatic N) is 1. The molecule has 0 aromatic heterocycles. The number of rotatable bonds is 75. The van der Waals surface area contributed by atoms with Crippen LogP contribution in [0.4, 0.5) is 0 Å². The first-order chi connectivity index (χ1) is 46.1. The van der Waals surface area contributed by atoms with Gasteiger partial charge in [-0.3, -0.25) is 9.59 Å². The molecule has 0 aromatic carbocycles. The van der Waals surface area contributed by atoms with E-state index in [1.54, 1.807) is 0 Å². The van der Waals surface area contributed by atoms with Gasteiger partial charge in [-0.15, -0.1) is 0 Å². The molecule has 0 N–H and O–H groups in total. The van der Waals surface area contributed by atoms with Crippen molar-refractivity contribution in [2.75, 3.05) is 47.5 Å². The van der Waals surface area contributed by atoms with Gasteiger partial charge >= 0.3 is 11.9 Å². The van der Waals surface area contributed by atoms with Crippen LogP contribution in [-0.4, -0.2) is 82.3 Å². The van der Waals surface area contributed by atoms with Crippen molar-refractivity contribution in [3.8, 4) is 0 Å². The van der Waals surface area contributed by atoms with Crippen LogP contribution < -0.4 is 5.11 Å². The van der Waals surface area contributed by atoms with E-state index >= 15 is 0 Å². The molecule has 2 atom stereocenters. The maximum atomic E-state index is 13.0. The van der Waals surface area contributed by atoms with Gasteiger partial charge < -0.3 is 33.3 Å². The molecule has 0 fully saturated rings. The van der Waals surface area contributed by atoms with Gasteiger partial charge in [0.05, 0.1) is 40.3 Å². The number of carbonyl (C=O) groups excluding carboxylic acids is 3. The minimum atomic E-state index is -1.62. The number of quaternary nitrogens is 1. The summed E-state index contributed by atoms with van der Waals surface area (Å²) in [5.41, 5.74) is 0. The fourth-order valence-electron chi connectivity index (χ4n) is 11.8. The molecular formula is C85H153NO8. The molecule has 9 nitrogen and oxygen atoms in total. The molecule has 0 radical (unpaired) electrons. The Bertz CT molecular complexity index is 1820. The number of esters is 2. The lowest BCUT2D eigenvalue weighted by Crippen LogP contribution is -2.44. The number of carbonyl (C=O) groups is 3. The van der Waals surface area contributed by atoms with E-state index in [9.17, 15) is 19.5 Å². The zero-order valence-corrected chi connectivity index (χ0v) is 62.6. The summed E-state index contributed by atoms with van der Waals surface area (Å²) >= 11 is 0. The zero-order chi connectivity index (χ0) is 68.2. The van der Waals surface area contributed by atoms with Crippen molar-refractivity contribution in [2.24, 2.45) is 0 Å². The van der Waals surface area contributed by atoms with E-state index in [1.807, 2.05) is 21.1 Å². The summed E-state index contributed by atoms with van der Waals surface area (Å²) in [5, 5.41) is 11.9. The van der Waals surface area contributed by atoms with Crippen molar-refractivity contribution in [3.05, 3.63) is 85.1 Å². The van der Waals surface area contributed by atoms with Crippen LogP contribution in [0.2, 0.25) is 0 Å². The van der Waals surface area contributed by atoms with Gasteiger partial charge in [-0.25, -0.2) is 0 Å². The van der Waals surface area contributed by atoms with Crippen LogP contribution >= 0.6 is 0 Å². The van der Waals surface area contributed by atoms with E-state index in [-0.39, 0.29) is 32.2 Å². The summed E-state index contributed by atoms with van der Waals surface area (Å²) < 4.78 is 22.9. The van der Waals surface area contributed by atoms with Crippen molar-refractivity contribution < 1.29 is 42.9 Å². The standard InChI is InChI=1S/C85H153NO8/c1-6-8-10-12-14-16-18-20-22-24-26-28-30-32-34-36-38-40-42-44-46-48-50-52-54-56-58-60-62-64-66-68-70-72-74-76-83(88)94-81(80-93-85(84(89)90)91-78-77-86(3,4)5)79-92-82(87)75-73-71-69-67-65-63-61-59-57-55-53-51-49-47-45-43-41-39-37-35-33-31-29-27-25-23-21-19-17-15-13-11-9-7-2/h8,10,14,16,20,22,26,28,32,34,38,40,44,46,81,85H,6-7,9,11-13,15,17-19,21,23-25,27,29-31,33,35-37,39,41-43,45,47-80H2,1-5H3/b10-8-,16-14-,22-20-,28-26-,34-32-,40-38-,46-44-. The molecule has 0 aliphatic rings. The summed E-state index contributed by atoms with van der Waals surface area (Å²) in [7, 11) is 5.94. The van der Waals surface area contributed by atoms with Gasteiger partial charge in [-0.05, 0) is 70.6 Å². The van der Waals surface area contributed by atoms with E-state index in [0.717, 1.165) is 83.5 Å². The van der Waals surface area contributed by atoms with Crippen molar-refractivity contribution in [1.82, 2.24) is 0 Å². The van der Waals surface area contributed by atoms with Crippen LogP contribution in [0.5, 0.6) is 0 Å². The van der Waals surface area contributed by atoms with Gasteiger partial charge in [0.25, 0.3) is 0 Å². The average Bonchev–Trinajstić information content (AvgIpc) is 3.76. The lowest BCUT2D eigenvalue weighted by atomic mass is 10.0. The van der Waals surface area contributed by atoms with E-state index in [4.69, 9.17) is 18.9 Å². The lowest BCUT2D eigenvalue weighted by Gasteiger charge is -2.26. The topological polar surface area (TPSA) is 111 Å². The summed E-state index contributed by atoms with van der Waals surface area (Å²) in [6.45, 7) is 4.69. The van der Waals surface area contributed by atoms with Crippen LogP contribution in [-0.2, 0) is 33.3 Å². The zero-order valence-electron chi connectivity index (χ0n) is 62.6. The Morgan fingerprint density at radius 3 is 0.904 bits per heavy atom. The SMILES string of the molecule is CC/C=C\C/C=C\C/C=C\C/C=C\C/C=C\C/C=C\C/C=C\CCCCCCCCCCCCCCCC(=O)OC(COC(=O)CCCCCCCCCCCCCCCCCCCCCCCCCCCCCCCCCCCC)COC(OCC[N+](C)(C)C)C(=O)[O-]. The molecular weight excluding hydrogens is 1160 g/mol. The van der Waals surface area contributed by atoms with Gasteiger partial charge in [-0.2, -0.15) is 0 Å². The Hall–Kier alpha value is -3.53. The van der Waals surface area contributed by atoms with Crippen molar-refractivity contribution in [2.45, 2.75) is 392 Å². The minimum Gasteiger partial charge on any atom is -0.545 e. The highest BCUT2D eigenvalue weighted by molar-refractivity contribution is 5.70. The van der Waals surface area contributed by atoms with Crippen molar-refractivity contribution in [3.63, 3.8) is 0 Å². The molecule has 0 saturated carbocycles. The largest absolute Gasteiger partial charge is 0.545 e. The van der Waals surface area contributed by atoms with E-state index < -0.39 is 24.3 Å². The highest BCUT2D eigenvalue weighted by Crippen LogP contribution is 2.19. The Kier molecular flexibility index (Phi) is 72.4. The monoisotopic (exact) mass is 1320 g/mol. The number of carboxylic acid groups (broad SMARTS) is 1. The number of hydrogen-bond acceptors (Lipinski definition) is 8. The van der Waals surface area contributed by atoms with E-state index in [2.05, 4.69) is 98.9 Å². The first-order valence-corrected chi connectivity index (χ1v) is 40.2. The second kappa shape index (κ2) is 75.2. The molecule has 9 heteroatoms. The summed E-state index contributed by atoms with van der Waals surface area (Å²) in [6, 6.07) is 0. The average molecular weight is 1320 g/mol. The number of aliphatic carboxylic acids is 1. The number of unbranched alkanes of at least 4 members (excludes halogenated alkanes) is 46. The Labute approximate surface area is 582 Å². The predicted molar refractivity (Wildman–Crippen MR) is 403 cm³/mol. The van der Waals surface area contributed by atoms with Crippen LogP contribution in [0.1, 0.15) is 380 Å². The van der Waals surface area contributed by atoms with Gasteiger partial charge in [0.2, 0.25) is 0 Å². The van der Waals surface area contributed by atoms with Gasteiger partial charge in [0.1, 0.15) is 13.2 Å². The molecule has 0 saturated heterocycles. The second-order valence-corrected chi connectivity index (χ2v) is 28.3. The third kappa shape index (κ3) is 75.8. The minimum absolute atomic E-state index is 0.147. The molecule has 0 amide bonds. The van der Waals surface area contributed by atoms with Crippen molar-refractivity contribution >= 4 is 17.9 Å². The number of ether oxygens (including phenoxy) is 4. The quantitative estimate of drug-likeness (QED) is 0.0195. The molecule has 2 unspecified atom stereocenters. The molecule has 0 aromatic rings. The van der Waals surface area contributed by atoms with Crippen LogP contribution in [0, 0.1) is 0 Å². The van der Waals surface area contributed by atoms with Crippen LogP contribution in [0.15, 0.2) is 85.1 Å². The van der Waals surface area contributed by atoms with E-state index in [0.29, 0.717) is 23.9 Å². The molecule has 0 bridgehead atoms. The highest BCUT2D eigenvalue weighted by atomic mass is 16.7. The normalized spacial score (nSPS) is 13.1. The Balaban J connectivity index is 4.02.